The molecule has 3 aromatic rings. The number of nitrogens with zero attached hydrogens (tertiary/aromatic N) is 2. The molecule has 0 spiro atoms. The maximum atomic E-state index is 13.3. The van der Waals surface area contributed by atoms with E-state index in [2.05, 4.69) is 4.98 Å². The summed E-state index contributed by atoms with van der Waals surface area (Å²) in [7, 11) is 1.64. The van der Waals surface area contributed by atoms with Gasteiger partial charge < -0.3 is 0 Å². The minimum absolute atomic E-state index is 0.0120. The van der Waals surface area contributed by atoms with Crippen molar-refractivity contribution < 1.29 is 13.6 Å². The zero-order valence-corrected chi connectivity index (χ0v) is 16.2. The summed E-state index contributed by atoms with van der Waals surface area (Å²) in [5, 5.41) is 1.15. The number of benzene rings is 1. The zero-order valence-electron chi connectivity index (χ0n) is 14.6. The van der Waals surface area contributed by atoms with Gasteiger partial charge in [-0.1, -0.05) is 11.8 Å². The first kappa shape index (κ1) is 18.3. The monoisotopic (exact) mass is 406 g/mol. The summed E-state index contributed by atoms with van der Waals surface area (Å²) >= 11 is 2.68. The van der Waals surface area contributed by atoms with Crippen LogP contribution in [0, 0.1) is 11.6 Å². The Balaban J connectivity index is 1.62. The van der Waals surface area contributed by atoms with Gasteiger partial charge in [0.15, 0.2) is 22.6 Å². The second kappa shape index (κ2) is 7.16. The van der Waals surface area contributed by atoms with E-state index in [9.17, 15) is 18.4 Å². The molecule has 0 bridgehead atoms. The Kier molecular flexibility index (Phi) is 4.86. The van der Waals surface area contributed by atoms with Crippen molar-refractivity contribution in [1.29, 1.82) is 0 Å². The number of carbonyl (C=O) groups is 1. The van der Waals surface area contributed by atoms with Crippen LogP contribution in [0.3, 0.4) is 0 Å². The van der Waals surface area contributed by atoms with Crippen LogP contribution in [0.2, 0.25) is 0 Å². The molecule has 0 aliphatic heterocycles. The van der Waals surface area contributed by atoms with Gasteiger partial charge in [0.1, 0.15) is 4.83 Å². The largest absolute Gasteiger partial charge is 0.293 e. The number of fused-ring (bicyclic) bond motifs is 3. The van der Waals surface area contributed by atoms with Crippen LogP contribution in [-0.2, 0) is 19.9 Å². The van der Waals surface area contributed by atoms with E-state index in [4.69, 9.17) is 0 Å². The number of carbonyl (C=O) groups excluding carboxylic acids is 1. The van der Waals surface area contributed by atoms with Crippen molar-refractivity contribution in [3.63, 3.8) is 0 Å². The molecule has 8 heteroatoms. The maximum Gasteiger partial charge on any atom is 0.262 e. The van der Waals surface area contributed by atoms with Crippen LogP contribution in [0.1, 0.15) is 33.6 Å². The van der Waals surface area contributed by atoms with Gasteiger partial charge in [-0.3, -0.25) is 14.2 Å². The number of hydrogen-bond donors (Lipinski definition) is 0. The lowest BCUT2D eigenvalue weighted by molar-refractivity contribution is 0.102. The lowest BCUT2D eigenvalue weighted by Gasteiger charge is -2.10. The van der Waals surface area contributed by atoms with Gasteiger partial charge in [-0.25, -0.2) is 13.8 Å². The number of thiophene rings is 1. The van der Waals surface area contributed by atoms with E-state index >= 15 is 0 Å². The Bertz CT molecular complexity index is 1120. The highest BCUT2D eigenvalue weighted by Crippen LogP contribution is 2.34. The molecule has 4 rings (SSSR count). The number of aromatic nitrogens is 2. The zero-order chi connectivity index (χ0) is 19.1. The highest BCUT2D eigenvalue weighted by molar-refractivity contribution is 7.99. The molecule has 0 saturated carbocycles. The van der Waals surface area contributed by atoms with E-state index in [-0.39, 0.29) is 22.7 Å². The number of halogens is 2. The third-order valence-electron chi connectivity index (χ3n) is 4.73. The number of rotatable bonds is 4. The number of hydrogen-bond acceptors (Lipinski definition) is 5. The standard InChI is InChI=1S/C19H16F2N2O2S2/c1-23-18(25)16-11-4-2-3-5-15(11)27-17(16)22-19(23)26-9-14(24)10-6-7-12(20)13(21)8-10/h6-8H,2-5,9H2,1H3. The molecule has 1 aromatic carbocycles. The Morgan fingerprint density at radius 2 is 2.04 bits per heavy atom. The molecule has 0 atom stereocenters. The number of Topliss-reactive ketones (excluding diaryl/α,β-unsaturated/α-hetero) is 1. The second-order valence-electron chi connectivity index (χ2n) is 6.49. The van der Waals surface area contributed by atoms with E-state index in [1.807, 2.05) is 0 Å². The van der Waals surface area contributed by atoms with Crippen molar-refractivity contribution in [2.75, 3.05) is 5.75 Å². The predicted molar refractivity (Wildman–Crippen MR) is 103 cm³/mol. The van der Waals surface area contributed by atoms with Gasteiger partial charge in [0.05, 0.1) is 11.1 Å². The highest BCUT2D eigenvalue weighted by atomic mass is 32.2. The SMILES string of the molecule is Cn1c(SCC(=O)c2ccc(F)c(F)c2)nc2sc3c(c2c1=O)CCCC3. The molecule has 0 radical (unpaired) electrons. The van der Waals surface area contributed by atoms with Gasteiger partial charge in [-0.15, -0.1) is 11.3 Å². The Hall–Kier alpha value is -2.06. The summed E-state index contributed by atoms with van der Waals surface area (Å²) in [6.45, 7) is 0. The first-order chi connectivity index (χ1) is 13.0. The van der Waals surface area contributed by atoms with Crippen LogP contribution in [0.4, 0.5) is 8.78 Å². The van der Waals surface area contributed by atoms with Crippen LogP contribution in [0.5, 0.6) is 0 Å². The fraction of sp³-hybridized carbons (Fsp3) is 0.316. The fourth-order valence-electron chi connectivity index (χ4n) is 3.28. The first-order valence-corrected chi connectivity index (χ1v) is 10.4. The summed E-state index contributed by atoms with van der Waals surface area (Å²) in [5.41, 5.74) is 1.13. The van der Waals surface area contributed by atoms with E-state index in [0.717, 1.165) is 55.1 Å². The summed E-state index contributed by atoms with van der Waals surface area (Å²) in [6, 6.07) is 3.08. The van der Waals surface area contributed by atoms with Crippen LogP contribution >= 0.6 is 23.1 Å². The molecule has 0 amide bonds. The van der Waals surface area contributed by atoms with Crippen molar-refractivity contribution in [3.05, 3.63) is 56.2 Å². The van der Waals surface area contributed by atoms with E-state index in [1.54, 1.807) is 18.4 Å². The molecule has 0 saturated heterocycles. The third-order valence-corrected chi connectivity index (χ3v) is 6.94. The Morgan fingerprint density at radius 1 is 1.26 bits per heavy atom. The van der Waals surface area contributed by atoms with E-state index < -0.39 is 11.6 Å². The van der Waals surface area contributed by atoms with E-state index in [0.29, 0.717) is 15.4 Å². The fourth-order valence-corrected chi connectivity index (χ4v) is 5.45. The van der Waals surface area contributed by atoms with Crippen LogP contribution in [0.25, 0.3) is 10.2 Å². The normalized spacial score (nSPS) is 13.7. The van der Waals surface area contributed by atoms with Crippen molar-refractivity contribution >= 4 is 39.1 Å². The van der Waals surface area contributed by atoms with E-state index in [1.165, 1.54) is 15.5 Å². The van der Waals surface area contributed by atoms with Crippen molar-refractivity contribution in [3.8, 4) is 0 Å². The first-order valence-electron chi connectivity index (χ1n) is 8.58. The number of aryl methyl sites for hydroxylation is 2. The molecule has 2 aromatic heterocycles. The smallest absolute Gasteiger partial charge is 0.262 e. The molecule has 0 fully saturated rings. The van der Waals surface area contributed by atoms with Crippen molar-refractivity contribution in [1.82, 2.24) is 9.55 Å². The number of ketones is 1. The van der Waals surface area contributed by atoms with Gasteiger partial charge >= 0.3 is 0 Å². The average molecular weight is 406 g/mol. The van der Waals surface area contributed by atoms with Crippen molar-refractivity contribution in [2.45, 2.75) is 30.8 Å². The quantitative estimate of drug-likeness (QED) is 0.371. The topological polar surface area (TPSA) is 52.0 Å². The summed E-state index contributed by atoms with van der Waals surface area (Å²) < 4.78 is 27.8. The molecule has 4 nitrogen and oxygen atoms in total. The van der Waals surface area contributed by atoms with Crippen molar-refractivity contribution in [2.24, 2.45) is 7.05 Å². The molecule has 1 aliphatic rings. The highest BCUT2D eigenvalue weighted by Gasteiger charge is 2.21. The number of thioether (sulfide) groups is 1. The molecular formula is C19H16F2N2O2S2. The van der Waals surface area contributed by atoms with Gasteiger partial charge in [0.25, 0.3) is 5.56 Å². The summed E-state index contributed by atoms with van der Waals surface area (Å²) in [5.74, 6) is -2.40. The Labute approximate surface area is 162 Å². The lowest BCUT2D eigenvalue weighted by Crippen LogP contribution is -2.21. The average Bonchev–Trinajstić information content (AvgIpc) is 3.03. The minimum atomic E-state index is -1.05. The van der Waals surface area contributed by atoms with Crippen LogP contribution in [0.15, 0.2) is 28.2 Å². The molecule has 0 N–H and O–H groups in total. The van der Waals surface area contributed by atoms with Crippen LogP contribution in [-0.4, -0.2) is 21.1 Å². The van der Waals surface area contributed by atoms with Gasteiger partial charge in [0.2, 0.25) is 0 Å². The minimum Gasteiger partial charge on any atom is -0.293 e. The second-order valence-corrected chi connectivity index (χ2v) is 8.52. The van der Waals surface area contributed by atoms with Gasteiger partial charge in [-0.05, 0) is 49.4 Å². The Morgan fingerprint density at radius 3 is 2.81 bits per heavy atom. The molecular weight excluding hydrogens is 390 g/mol. The maximum absolute atomic E-state index is 13.3. The molecule has 1 aliphatic carbocycles. The molecule has 140 valence electrons. The summed E-state index contributed by atoms with van der Waals surface area (Å²) in [6.07, 6.45) is 4.11. The molecule has 0 unspecified atom stereocenters. The van der Waals surface area contributed by atoms with Gasteiger partial charge in [0, 0.05) is 17.5 Å². The molecule has 27 heavy (non-hydrogen) atoms. The third kappa shape index (κ3) is 3.32. The summed E-state index contributed by atoms with van der Waals surface area (Å²) in [4.78, 5) is 31.6. The van der Waals surface area contributed by atoms with Gasteiger partial charge in [-0.2, -0.15) is 0 Å². The lowest BCUT2D eigenvalue weighted by atomic mass is 9.97. The molecule has 2 heterocycles. The predicted octanol–water partition coefficient (Wildman–Crippen LogP) is 4.13. The van der Waals surface area contributed by atoms with Crippen LogP contribution < -0.4 is 5.56 Å².